The smallest absolute Gasteiger partial charge is 0.307 e. The van der Waals surface area contributed by atoms with Crippen LogP contribution < -0.4 is 9.61 Å². The summed E-state index contributed by atoms with van der Waals surface area (Å²) in [7, 11) is 1.62. The Bertz CT molecular complexity index is 928. The molecule has 0 aliphatic heterocycles. The van der Waals surface area contributed by atoms with Crippen LogP contribution in [0.1, 0.15) is 16.1 Å². The van der Waals surface area contributed by atoms with Crippen molar-refractivity contribution in [2.24, 2.45) is 0 Å². The van der Waals surface area contributed by atoms with Gasteiger partial charge >= 0.3 is 4.87 Å². The van der Waals surface area contributed by atoms with Gasteiger partial charge in [0.25, 0.3) is 0 Å². The van der Waals surface area contributed by atoms with E-state index in [9.17, 15) is 9.59 Å². The monoisotopic (exact) mass is 388 g/mol. The van der Waals surface area contributed by atoms with Gasteiger partial charge in [0, 0.05) is 28.1 Å². The maximum Gasteiger partial charge on any atom is 0.307 e. The second-order valence-electron chi connectivity index (χ2n) is 5.87. The zero-order valence-electron chi connectivity index (χ0n) is 14.7. The molecule has 0 fully saturated rings. The van der Waals surface area contributed by atoms with Gasteiger partial charge in [-0.2, -0.15) is 0 Å². The summed E-state index contributed by atoms with van der Waals surface area (Å²) in [6.45, 7) is 2.83. The van der Waals surface area contributed by atoms with Crippen molar-refractivity contribution in [3.05, 3.63) is 73.0 Å². The molecule has 26 heavy (non-hydrogen) atoms. The van der Waals surface area contributed by atoms with Crippen LogP contribution in [0, 0.1) is 6.92 Å². The van der Waals surface area contributed by atoms with Gasteiger partial charge in [0.15, 0.2) is 0 Å². The van der Waals surface area contributed by atoms with Crippen molar-refractivity contribution < 1.29 is 9.53 Å². The topological polar surface area (TPSA) is 51.5 Å². The SMILES string of the molecule is COc1ccccc1CN(Cc1cccs1)C(=O)Cn1c(C)csc1=O. The molecule has 0 atom stereocenters. The van der Waals surface area contributed by atoms with Gasteiger partial charge in [0.2, 0.25) is 5.91 Å². The number of benzene rings is 1. The Labute approximate surface area is 160 Å². The standard InChI is InChI=1S/C19H20N2O3S2/c1-14-13-26-19(23)21(14)12-18(22)20(11-16-7-5-9-25-16)10-15-6-3-4-8-17(15)24-2/h3-9,13H,10-12H2,1-2H3. The van der Waals surface area contributed by atoms with Gasteiger partial charge in [-0.3, -0.25) is 14.2 Å². The predicted octanol–water partition coefficient (Wildman–Crippen LogP) is 3.52. The molecule has 0 saturated heterocycles. The van der Waals surface area contributed by atoms with Crippen LogP contribution in [0.5, 0.6) is 5.75 Å². The molecule has 5 nitrogen and oxygen atoms in total. The number of aryl methyl sites for hydroxylation is 1. The molecule has 3 rings (SSSR count). The maximum absolute atomic E-state index is 13.0. The first-order valence-corrected chi connectivity index (χ1v) is 9.91. The Hall–Kier alpha value is -2.38. The number of ether oxygens (including phenoxy) is 1. The van der Waals surface area contributed by atoms with Crippen LogP contribution in [-0.2, 0) is 24.4 Å². The highest BCUT2D eigenvalue weighted by molar-refractivity contribution is 7.09. The van der Waals surface area contributed by atoms with Crippen molar-refractivity contribution in [2.75, 3.05) is 7.11 Å². The molecule has 0 spiro atoms. The number of carbonyl (C=O) groups excluding carboxylic acids is 1. The van der Waals surface area contributed by atoms with Gasteiger partial charge in [-0.25, -0.2) is 0 Å². The van der Waals surface area contributed by atoms with E-state index in [4.69, 9.17) is 4.74 Å². The summed E-state index contributed by atoms with van der Waals surface area (Å²) in [5.41, 5.74) is 1.75. The Kier molecular flexibility index (Phi) is 5.90. The van der Waals surface area contributed by atoms with Gasteiger partial charge in [-0.1, -0.05) is 35.6 Å². The van der Waals surface area contributed by atoms with Crippen LogP contribution in [0.15, 0.2) is 52.0 Å². The second kappa shape index (κ2) is 8.33. The molecule has 1 aromatic carbocycles. The van der Waals surface area contributed by atoms with E-state index in [2.05, 4.69) is 0 Å². The highest BCUT2D eigenvalue weighted by atomic mass is 32.1. The van der Waals surface area contributed by atoms with Gasteiger partial charge in [0.05, 0.1) is 13.7 Å². The van der Waals surface area contributed by atoms with E-state index in [-0.39, 0.29) is 17.3 Å². The number of rotatable bonds is 7. The quantitative estimate of drug-likeness (QED) is 0.622. The Morgan fingerprint density at radius 3 is 2.62 bits per heavy atom. The first-order valence-electron chi connectivity index (χ1n) is 8.15. The van der Waals surface area contributed by atoms with Gasteiger partial charge in [-0.05, 0) is 24.4 Å². The summed E-state index contributed by atoms with van der Waals surface area (Å²) in [6.07, 6.45) is 0. The average molecular weight is 389 g/mol. The fourth-order valence-corrected chi connectivity index (χ4v) is 4.15. The molecule has 1 amide bonds. The molecular formula is C19H20N2O3S2. The molecule has 2 aromatic heterocycles. The van der Waals surface area contributed by atoms with Crippen LogP contribution in [0.2, 0.25) is 0 Å². The zero-order chi connectivity index (χ0) is 18.5. The second-order valence-corrected chi connectivity index (χ2v) is 7.72. The molecule has 0 radical (unpaired) electrons. The summed E-state index contributed by atoms with van der Waals surface area (Å²) >= 11 is 2.73. The highest BCUT2D eigenvalue weighted by Crippen LogP contribution is 2.22. The van der Waals surface area contributed by atoms with Crippen molar-refractivity contribution in [2.45, 2.75) is 26.6 Å². The van der Waals surface area contributed by atoms with Crippen LogP contribution in [0.3, 0.4) is 0 Å². The van der Waals surface area contributed by atoms with Crippen molar-refractivity contribution in [1.82, 2.24) is 9.47 Å². The number of nitrogens with zero attached hydrogens (tertiary/aromatic N) is 2. The molecule has 2 heterocycles. The first-order chi connectivity index (χ1) is 12.6. The number of hydrogen-bond acceptors (Lipinski definition) is 5. The lowest BCUT2D eigenvalue weighted by atomic mass is 10.2. The minimum atomic E-state index is -0.107. The molecule has 0 saturated carbocycles. The molecule has 0 aliphatic rings. The molecule has 0 unspecified atom stereocenters. The summed E-state index contributed by atoms with van der Waals surface area (Å²) in [5, 5.41) is 3.77. The minimum absolute atomic E-state index is 0.0503. The van der Waals surface area contributed by atoms with Crippen LogP contribution in [-0.4, -0.2) is 22.5 Å². The fourth-order valence-electron chi connectivity index (χ4n) is 2.69. The van der Waals surface area contributed by atoms with Crippen LogP contribution in [0.25, 0.3) is 0 Å². The van der Waals surface area contributed by atoms with E-state index in [1.807, 2.05) is 48.7 Å². The fraction of sp³-hybridized carbons (Fsp3) is 0.263. The largest absolute Gasteiger partial charge is 0.496 e. The lowest BCUT2D eigenvalue weighted by molar-refractivity contribution is -0.133. The van der Waals surface area contributed by atoms with E-state index in [0.29, 0.717) is 13.1 Å². The van der Waals surface area contributed by atoms with Crippen molar-refractivity contribution in [1.29, 1.82) is 0 Å². The Morgan fingerprint density at radius 2 is 1.96 bits per heavy atom. The molecule has 136 valence electrons. The maximum atomic E-state index is 13.0. The average Bonchev–Trinajstić information content (AvgIpc) is 3.26. The molecule has 0 N–H and O–H groups in total. The van der Waals surface area contributed by atoms with Crippen molar-refractivity contribution >= 4 is 28.6 Å². The number of carbonyl (C=O) groups is 1. The molecule has 0 aliphatic carbocycles. The molecule has 3 aromatic rings. The number of aromatic nitrogens is 1. The number of methoxy groups -OCH3 is 1. The zero-order valence-corrected chi connectivity index (χ0v) is 16.3. The summed E-state index contributed by atoms with van der Waals surface area (Å²) in [5.74, 6) is 0.660. The van der Waals surface area contributed by atoms with E-state index >= 15 is 0 Å². The number of hydrogen-bond donors (Lipinski definition) is 0. The predicted molar refractivity (Wildman–Crippen MR) is 105 cm³/mol. The Morgan fingerprint density at radius 1 is 1.15 bits per heavy atom. The summed E-state index contributed by atoms with van der Waals surface area (Å²) in [4.78, 5) is 27.7. The highest BCUT2D eigenvalue weighted by Gasteiger charge is 2.19. The molecule has 7 heteroatoms. The summed E-state index contributed by atoms with van der Waals surface area (Å²) < 4.78 is 6.94. The first kappa shape index (κ1) is 18.4. The summed E-state index contributed by atoms with van der Waals surface area (Å²) in [6, 6.07) is 11.7. The number of thiophene rings is 1. The number of amides is 1. The van der Waals surface area contributed by atoms with E-state index < -0.39 is 0 Å². The van der Waals surface area contributed by atoms with Crippen molar-refractivity contribution in [3.63, 3.8) is 0 Å². The number of thiazole rings is 1. The van der Waals surface area contributed by atoms with Crippen molar-refractivity contribution in [3.8, 4) is 5.75 Å². The Balaban J connectivity index is 1.85. The third kappa shape index (κ3) is 4.23. The normalized spacial score (nSPS) is 10.7. The minimum Gasteiger partial charge on any atom is -0.496 e. The van der Waals surface area contributed by atoms with Crippen LogP contribution >= 0.6 is 22.7 Å². The van der Waals surface area contributed by atoms with E-state index in [0.717, 1.165) is 33.2 Å². The van der Waals surface area contributed by atoms with Gasteiger partial charge in [-0.15, -0.1) is 11.3 Å². The van der Waals surface area contributed by atoms with E-state index in [1.54, 1.807) is 28.7 Å². The van der Waals surface area contributed by atoms with Gasteiger partial charge in [0.1, 0.15) is 12.3 Å². The lowest BCUT2D eigenvalue weighted by Crippen LogP contribution is -2.35. The number of para-hydroxylation sites is 1. The third-order valence-electron chi connectivity index (χ3n) is 4.10. The van der Waals surface area contributed by atoms with Crippen LogP contribution in [0.4, 0.5) is 0 Å². The lowest BCUT2D eigenvalue weighted by Gasteiger charge is -2.23. The van der Waals surface area contributed by atoms with Gasteiger partial charge < -0.3 is 9.64 Å². The van der Waals surface area contributed by atoms with E-state index in [1.165, 1.54) is 4.57 Å². The third-order valence-corrected chi connectivity index (χ3v) is 5.85. The molecular weight excluding hydrogens is 368 g/mol. The molecule has 0 bridgehead atoms.